The number of H-pyrrole nitrogens is 1. The minimum absolute atomic E-state index is 0.370. The number of benzene rings is 1. The number of fused-ring (bicyclic) bond motifs is 1. The summed E-state index contributed by atoms with van der Waals surface area (Å²) in [6.07, 6.45) is 0. The van der Waals surface area contributed by atoms with E-state index in [1.807, 2.05) is 18.2 Å². The summed E-state index contributed by atoms with van der Waals surface area (Å²) in [5.74, 6) is 0. The Morgan fingerprint density at radius 2 is 1.95 bits per heavy atom. The molecule has 8 heteroatoms. The van der Waals surface area contributed by atoms with E-state index in [0.717, 1.165) is 10.1 Å². The van der Waals surface area contributed by atoms with Gasteiger partial charge in [0.15, 0.2) is 10.3 Å². The van der Waals surface area contributed by atoms with Crippen LogP contribution in [-0.4, -0.2) is 18.7 Å². The lowest BCUT2D eigenvalue weighted by Crippen LogP contribution is -2.37. The van der Waals surface area contributed by atoms with Crippen molar-refractivity contribution < 1.29 is 0 Å². The first-order valence-electron chi connectivity index (χ1n) is 6.53. The predicted molar refractivity (Wildman–Crippen MR) is 88.2 cm³/mol. The van der Waals surface area contributed by atoms with Crippen LogP contribution in [0.5, 0.6) is 0 Å². The van der Waals surface area contributed by atoms with Gasteiger partial charge in [-0.05, 0) is 29.9 Å². The van der Waals surface area contributed by atoms with Gasteiger partial charge in [0, 0.05) is 19.1 Å². The standard InChI is InChI=1S/C14H13ClN4O2S/c1-17-11-10(12(20)18(2)14(17)21)19(13(22)16-11)7-8-4-3-5-9(15)6-8/h3-6H,7H2,1-2H3,(H,16,22). The van der Waals surface area contributed by atoms with Crippen molar-refractivity contribution in [3.8, 4) is 0 Å². The molecule has 1 aromatic carbocycles. The molecular formula is C14H13ClN4O2S. The Morgan fingerprint density at radius 3 is 2.64 bits per heavy atom. The number of aromatic nitrogens is 4. The van der Waals surface area contributed by atoms with E-state index >= 15 is 0 Å². The zero-order valence-corrected chi connectivity index (χ0v) is 13.5. The third kappa shape index (κ3) is 2.22. The largest absolute Gasteiger partial charge is 0.332 e. The van der Waals surface area contributed by atoms with Gasteiger partial charge in [0.2, 0.25) is 0 Å². The Labute approximate surface area is 135 Å². The normalized spacial score (nSPS) is 11.2. The minimum atomic E-state index is -0.399. The number of nitrogens with zero attached hydrogens (tertiary/aromatic N) is 3. The van der Waals surface area contributed by atoms with Crippen LogP contribution < -0.4 is 11.2 Å². The maximum absolute atomic E-state index is 12.4. The Kier molecular flexibility index (Phi) is 3.54. The summed E-state index contributed by atoms with van der Waals surface area (Å²) in [4.78, 5) is 27.3. The predicted octanol–water partition coefficient (Wildman–Crippen LogP) is 1.80. The van der Waals surface area contributed by atoms with E-state index in [-0.39, 0.29) is 5.56 Å². The summed E-state index contributed by atoms with van der Waals surface area (Å²) in [5.41, 5.74) is 0.922. The fraction of sp³-hybridized carbons (Fsp3) is 0.214. The van der Waals surface area contributed by atoms with E-state index in [4.69, 9.17) is 23.8 Å². The number of rotatable bonds is 2. The van der Waals surface area contributed by atoms with Crippen molar-refractivity contribution in [2.75, 3.05) is 0 Å². The molecule has 0 saturated heterocycles. The second-order valence-electron chi connectivity index (χ2n) is 5.05. The fourth-order valence-corrected chi connectivity index (χ4v) is 2.92. The van der Waals surface area contributed by atoms with Crippen molar-refractivity contribution in [2.45, 2.75) is 6.54 Å². The maximum atomic E-state index is 12.4. The van der Waals surface area contributed by atoms with E-state index < -0.39 is 5.69 Å². The van der Waals surface area contributed by atoms with Crippen LogP contribution in [-0.2, 0) is 20.6 Å². The Bertz CT molecular complexity index is 1060. The third-order valence-corrected chi connectivity index (χ3v) is 4.17. The number of aryl methyl sites for hydroxylation is 1. The molecule has 114 valence electrons. The lowest BCUT2D eigenvalue weighted by atomic mass is 10.2. The third-order valence-electron chi connectivity index (χ3n) is 3.61. The number of aromatic amines is 1. The van der Waals surface area contributed by atoms with Crippen LogP contribution in [0.2, 0.25) is 5.02 Å². The van der Waals surface area contributed by atoms with Gasteiger partial charge in [-0.25, -0.2) is 4.79 Å². The Morgan fingerprint density at radius 1 is 1.23 bits per heavy atom. The average molecular weight is 337 g/mol. The number of hydrogen-bond acceptors (Lipinski definition) is 3. The van der Waals surface area contributed by atoms with Crippen LogP contribution in [0.4, 0.5) is 0 Å². The van der Waals surface area contributed by atoms with Gasteiger partial charge in [-0.3, -0.25) is 13.9 Å². The van der Waals surface area contributed by atoms with Crippen LogP contribution in [0.1, 0.15) is 5.56 Å². The molecule has 0 spiro atoms. The molecule has 0 aliphatic rings. The van der Waals surface area contributed by atoms with Gasteiger partial charge in [-0.2, -0.15) is 0 Å². The van der Waals surface area contributed by atoms with E-state index in [1.54, 1.807) is 17.7 Å². The van der Waals surface area contributed by atoms with Crippen molar-refractivity contribution >= 4 is 35.0 Å². The van der Waals surface area contributed by atoms with Crippen LogP contribution in [0.15, 0.2) is 33.9 Å². The molecular weight excluding hydrogens is 324 g/mol. The second-order valence-corrected chi connectivity index (χ2v) is 5.87. The first kappa shape index (κ1) is 14.8. The van der Waals surface area contributed by atoms with Gasteiger partial charge in [0.1, 0.15) is 5.65 Å². The molecule has 2 heterocycles. The summed E-state index contributed by atoms with van der Waals surface area (Å²) in [6.45, 7) is 0.396. The van der Waals surface area contributed by atoms with Crippen molar-refractivity contribution in [3.05, 3.63) is 60.5 Å². The van der Waals surface area contributed by atoms with Gasteiger partial charge < -0.3 is 9.55 Å². The molecule has 0 atom stereocenters. The molecule has 0 aliphatic carbocycles. The SMILES string of the molecule is Cn1c(=O)c2c([nH]c(=S)n2Cc2cccc(Cl)c2)n(C)c1=O. The summed E-state index contributed by atoms with van der Waals surface area (Å²) in [5, 5.41) is 0.615. The van der Waals surface area contributed by atoms with Crippen molar-refractivity contribution in [1.82, 2.24) is 18.7 Å². The summed E-state index contributed by atoms with van der Waals surface area (Å²) in [6, 6.07) is 7.33. The Balaban J connectivity index is 2.31. The van der Waals surface area contributed by atoms with Crippen LogP contribution in [0.25, 0.3) is 11.2 Å². The summed E-state index contributed by atoms with van der Waals surface area (Å²) >= 11 is 11.3. The van der Waals surface area contributed by atoms with Crippen LogP contribution >= 0.6 is 23.8 Å². The van der Waals surface area contributed by atoms with Crippen molar-refractivity contribution in [1.29, 1.82) is 0 Å². The minimum Gasteiger partial charge on any atom is -0.316 e. The molecule has 3 aromatic rings. The lowest BCUT2D eigenvalue weighted by molar-refractivity contribution is 0.702. The second kappa shape index (κ2) is 5.26. The molecule has 3 rings (SSSR count). The summed E-state index contributed by atoms with van der Waals surface area (Å²) in [7, 11) is 3.04. The zero-order chi connectivity index (χ0) is 16.0. The van der Waals surface area contributed by atoms with Gasteiger partial charge >= 0.3 is 5.69 Å². The first-order valence-corrected chi connectivity index (χ1v) is 7.31. The quantitative estimate of drug-likeness (QED) is 0.726. The van der Waals surface area contributed by atoms with Crippen molar-refractivity contribution in [2.24, 2.45) is 14.1 Å². The monoisotopic (exact) mass is 336 g/mol. The smallest absolute Gasteiger partial charge is 0.316 e. The number of hydrogen-bond donors (Lipinski definition) is 1. The van der Waals surface area contributed by atoms with Gasteiger partial charge in [0.25, 0.3) is 5.56 Å². The molecule has 1 N–H and O–H groups in total. The highest BCUT2D eigenvalue weighted by atomic mass is 35.5. The number of nitrogens with one attached hydrogen (secondary N) is 1. The molecule has 0 fully saturated rings. The van der Waals surface area contributed by atoms with E-state index in [1.165, 1.54) is 11.6 Å². The number of imidazole rings is 1. The molecule has 2 aromatic heterocycles. The van der Waals surface area contributed by atoms with Crippen LogP contribution in [0.3, 0.4) is 0 Å². The number of halogens is 1. The van der Waals surface area contributed by atoms with Gasteiger partial charge in [0.05, 0.1) is 6.54 Å². The molecule has 0 amide bonds. The average Bonchev–Trinajstić information content (AvgIpc) is 2.80. The fourth-order valence-electron chi connectivity index (χ4n) is 2.45. The van der Waals surface area contributed by atoms with E-state index in [0.29, 0.717) is 27.5 Å². The molecule has 0 unspecified atom stereocenters. The maximum Gasteiger partial charge on any atom is 0.332 e. The summed E-state index contributed by atoms with van der Waals surface area (Å²) < 4.78 is 4.51. The highest BCUT2D eigenvalue weighted by Gasteiger charge is 2.15. The molecule has 0 bridgehead atoms. The molecule has 0 aliphatic heterocycles. The molecule has 0 radical (unpaired) electrons. The first-order chi connectivity index (χ1) is 10.4. The van der Waals surface area contributed by atoms with E-state index in [2.05, 4.69) is 4.98 Å². The van der Waals surface area contributed by atoms with Gasteiger partial charge in [-0.15, -0.1) is 0 Å². The molecule has 0 saturated carbocycles. The molecule has 6 nitrogen and oxygen atoms in total. The van der Waals surface area contributed by atoms with Gasteiger partial charge in [-0.1, -0.05) is 23.7 Å². The highest BCUT2D eigenvalue weighted by Crippen LogP contribution is 2.15. The van der Waals surface area contributed by atoms with Crippen LogP contribution in [0, 0.1) is 4.77 Å². The Hall–Kier alpha value is -2.12. The van der Waals surface area contributed by atoms with Crippen molar-refractivity contribution in [3.63, 3.8) is 0 Å². The lowest BCUT2D eigenvalue weighted by Gasteiger charge is -2.07. The highest BCUT2D eigenvalue weighted by molar-refractivity contribution is 7.71. The van der Waals surface area contributed by atoms with E-state index in [9.17, 15) is 9.59 Å². The zero-order valence-electron chi connectivity index (χ0n) is 12.0. The molecule has 22 heavy (non-hydrogen) atoms. The topological polar surface area (TPSA) is 64.7 Å².